The fourth-order valence-corrected chi connectivity index (χ4v) is 1.75. The Morgan fingerprint density at radius 3 is 2.57 bits per heavy atom. The summed E-state index contributed by atoms with van der Waals surface area (Å²) in [7, 11) is 0. The van der Waals surface area contributed by atoms with E-state index in [1.54, 1.807) is 0 Å². The fraction of sp³-hybridized carbons (Fsp3) is 0.889. The fourth-order valence-electron chi connectivity index (χ4n) is 1.75. The Morgan fingerprint density at radius 1 is 1.50 bits per heavy atom. The van der Waals surface area contributed by atoms with E-state index in [0.717, 1.165) is 17.7 Å². The zero-order valence-corrected chi connectivity index (χ0v) is 7.80. The first kappa shape index (κ1) is 9.83. The Hall–Kier alpha value is -0.710. The van der Waals surface area contributed by atoms with Gasteiger partial charge in [-0.1, -0.05) is 18.9 Å². The molecule has 1 N–H and O–H groups in total. The van der Waals surface area contributed by atoms with Gasteiger partial charge in [0.2, 0.25) is 5.91 Å². The molecule has 14 heavy (non-hydrogen) atoms. The van der Waals surface area contributed by atoms with Gasteiger partial charge >= 0.3 is 0 Å². The lowest BCUT2D eigenvalue weighted by Gasteiger charge is -2.25. The van der Waals surface area contributed by atoms with Gasteiger partial charge in [-0.25, -0.2) is 8.78 Å². The molecular weight excluding hydrogens is 190 g/mol. The summed E-state index contributed by atoms with van der Waals surface area (Å²) >= 11 is 0. The second-order valence-electron chi connectivity index (χ2n) is 4.18. The van der Waals surface area contributed by atoms with Crippen molar-refractivity contribution in [3.05, 3.63) is 5.73 Å². The maximum Gasteiger partial charge on any atom is 0.267 e. The quantitative estimate of drug-likeness (QED) is 0.673. The van der Waals surface area contributed by atoms with Crippen molar-refractivity contribution in [2.24, 2.45) is 5.92 Å². The molecule has 1 aliphatic heterocycles. The number of hydrogen-bond donors (Lipinski definition) is 0. The summed E-state index contributed by atoms with van der Waals surface area (Å²) in [5, 5.41) is 0. The van der Waals surface area contributed by atoms with Crippen LogP contribution in [0.25, 0.3) is 5.73 Å². The zero-order chi connectivity index (χ0) is 10.3. The minimum absolute atomic E-state index is 0.105. The van der Waals surface area contributed by atoms with Crippen LogP contribution in [0.5, 0.6) is 0 Å². The van der Waals surface area contributed by atoms with Crippen LogP contribution in [-0.2, 0) is 4.79 Å². The number of carbonyl (C=O) groups excluding carboxylic acids is 1. The maximum atomic E-state index is 12.8. The lowest BCUT2D eigenvalue weighted by atomic mass is 10.2. The molecule has 2 rings (SSSR count). The van der Waals surface area contributed by atoms with Crippen LogP contribution < -0.4 is 0 Å². The smallest absolute Gasteiger partial charge is 0.267 e. The average Bonchev–Trinajstić information content (AvgIpc) is 2.89. The van der Waals surface area contributed by atoms with E-state index in [2.05, 4.69) is 0 Å². The second-order valence-corrected chi connectivity index (χ2v) is 4.18. The van der Waals surface area contributed by atoms with E-state index in [1.165, 1.54) is 0 Å². The minimum Gasteiger partial charge on any atom is -0.667 e. The predicted octanol–water partition coefficient (Wildman–Crippen LogP) is 1.68. The normalized spacial score (nSPS) is 27.8. The summed E-state index contributed by atoms with van der Waals surface area (Å²) in [5.74, 6) is -3.03. The number of nitrogens with one attached hydrogen (secondary N) is 1. The number of rotatable bonds is 2. The van der Waals surface area contributed by atoms with Crippen LogP contribution in [0.15, 0.2) is 0 Å². The highest BCUT2D eigenvalue weighted by Crippen LogP contribution is 2.36. The van der Waals surface area contributed by atoms with Gasteiger partial charge in [-0.05, 0) is 5.92 Å². The number of carbonyl (C=O) groups is 1. The molecule has 0 radical (unpaired) electrons. The average molecular weight is 203 g/mol. The molecule has 0 aromatic rings. The lowest BCUT2D eigenvalue weighted by Crippen LogP contribution is -2.38. The van der Waals surface area contributed by atoms with Crippen molar-refractivity contribution in [1.29, 1.82) is 0 Å². The molecule has 1 atom stereocenters. The summed E-state index contributed by atoms with van der Waals surface area (Å²) in [6, 6.07) is -0.802. The van der Waals surface area contributed by atoms with Gasteiger partial charge in [-0.15, -0.1) is 0 Å². The topological polar surface area (TPSA) is 44.1 Å². The molecule has 2 aliphatic rings. The van der Waals surface area contributed by atoms with Crippen molar-refractivity contribution in [3.8, 4) is 0 Å². The Bertz CT molecular complexity index is 253. The molecule has 0 aromatic carbocycles. The first-order valence-corrected chi connectivity index (χ1v) is 4.87. The van der Waals surface area contributed by atoms with Crippen LogP contribution in [0.1, 0.15) is 19.3 Å². The number of amides is 1. The third kappa shape index (κ3) is 1.87. The molecule has 1 saturated carbocycles. The Balaban J connectivity index is 1.92. The molecule has 1 aliphatic carbocycles. The van der Waals surface area contributed by atoms with Crippen LogP contribution in [-0.4, -0.2) is 35.9 Å². The summed E-state index contributed by atoms with van der Waals surface area (Å²) < 4.78 is 25.6. The Morgan fingerprint density at radius 2 is 2.14 bits per heavy atom. The van der Waals surface area contributed by atoms with Crippen molar-refractivity contribution >= 4 is 5.91 Å². The molecule has 80 valence electrons. The van der Waals surface area contributed by atoms with Crippen molar-refractivity contribution in [3.63, 3.8) is 0 Å². The SMILES string of the molecule is [NH-][C@@H](C(=O)N1CCC(F)(F)C1)C1CC1. The standard InChI is InChI=1S/C9H13F2N2O/c10-9(11)3-4-13(5-9)8(14)7(12)6-1-2-6/h6-7,12H,1-5H2/q-1/t7-/m1/s1. The second kappa shape index (κ2) is 3.15. The molecule has 1 amide bonds. The highest BCUT2D eigenvalue weighted by molar-refractivity contribution is 5.84. The van der Waals surface area contributed by atoms with E-state index in [-0.39, 0.29) is 18.9 Å². The molecule has 0 aromatic heterocycles. The summed E-state index contributed by atoms with van der Waals surface area (Å²) in [4.78, 5) is 12.7. The Kier molecular flexibility index (Phi) is 2.21. The first-order valence-electron chi connectivity index (χ1n) is 4.87. The van der Waals surface area contributed by atoms with Gasteiger partial charge in [0.05, 0.1) is 6.54 Å². The van der Waals surface area contributed by atoms with Gasteiger partial charge in [0.15, 0.2) is 0 Å². The Labute approximate surface area is 81.2 Å². The number of hydrogen-bond acceptors (Lipinski definition) is 1. The van der Waals surface area contributed by atoms with Gasteiger partial charge in [0, 0.05) is 13.0 Å². The van der Waals surface area contributed by atoms with Gasteiger partial charge in [-0.2, -0.15) is 0 Å². The molecule has 1 heterocycles. The van der Waals surface area contributed by atoms with Crippen LogP contribution in [0.4, 0.5) is 8.78 Å². The molecule has 0 bridgehead atoms. The molecule has 3 nitrogen and oxygen atoms in total. The van der Waals surface area contributed by atoms with Gasteiger partial charge in [0.25, 0.3) is 5.92 Å². The minimum atomic E-state index is -2.74. The predicted molar refractivity (Wildman–Crippen MR) is 47.0 cm³/mol. The number of nitrogens with zero attached hydrogens (tertiary/aromatic N) is 1. The van der Waals surface area contributed by atoms with Crippen molar-refractivity contribution in [1.82, 2.24) is 4.90 Å². The maximum absolute atomic E-state index is 12.8. The van der Waals surface area contributed by atoms with E-state index in [4.69, 9.17) is 5.73 Å². The molecule has 0 unspecified atom stereocenters. The van der Waals surface area contributed by atoms with Crippen LogP contribution in [0, 0.1) is 5.92 Å². The molecule has 0 spiro atoms. The van der Waals surface area contributed by atoms with Crippen LogP contribution in [0.3, 0.4) is 0 Å². The molecular formula is C9H13F2N2O-. The van der Waals surface area contributed by atoms with Crippen molar-refractivity contribution in [2.45, 2.75) is 31.2 Å². The molecule has 1 saturated heterocycles. The van der Waals surface area contributed by atoms with Crippen molar-refractivity contribution < 1.29 is 13.6 Å². The van der Waals surface area contributed by atoms with Gasteiger partial charge < -0.3 is 10.6 Å². The van der Waals surface area contributed by atoms with Gasteiger partial charge in [-0.3, -0.25) is 4.79 Å². The molecule has 5 heteroatoms. The van der Waals surface area contributed by atoms with E-state index >= 15 is 0 Å². The monoisotopic (exact) mass is 203 g/mol. The lowest BCUT2D eigenvalue weighted by molar-refractivity contribution is -0.132. The summed E-state index contributed by atoms with van der Waals surface area (Å²) in [6.07, 6.45) is 1.53. The highest BCUT2D eigenvalue weighted by atomic mass is 19.3. The summed E-state index contributed by atoms with van der Waals surface area (Å²) in [5.41, 5.74) is 7.55. The third-order valence-corrected chi connectivity index (χ3v) is 2.84. The van der Waals surface area contributed by atoms with E-state index in [1.807, 2.05) is 0 Å². The number of likely N-dealkylation sites (tertiary alicyclic amines) is 1. The summed E-state index contributed by atoms with van der Waals surface area (Å²) in [6.45, 7) is -0.387. The third-order valence-electron chi connectivity index (χ3n) is 2.84. The van der Waals surface area contributed by atoms with Crippen molar-refractivity contribution in [2.75, 3.05) is 13.1 Å². The van der Waals surface area contributed by atoms with Gasteiger partial charge in [0.1, 0.15) is 0 Å². The van der Waals surface area contributed by atoms with Crippen LogP contribution >= 0.6 is 0 Å². The van der Waals surface area contributed by atoms with E-state index in [0.29, 0.717) is 0 Å². The number of halogens is 2. The first-order chi connectivity index (χ1) is 6.49. The molecule has 2 fully saturated rings. The highest BCUT2D eigenvalue weighted by Gasteiger charge is 2.41. The zero-order valence-electron chi connectivity index (χ0n) is 7.80. The largest absolute Gasteiger partial charge is 0.667 e. The van der Waals surface area contributed by atoms with Crippen LogP contribution in [0.2, 0.25) is 0 Å². The number of alkyl halides is 2. The van der Waals surface area contributed by atoms with E-state index < -0.39 is 24.4 Å². The van der Waals surface area contributed by atoms with E-state index in [9.17, 15) is 13.6 Å².